The predicted octanol–water partition coefficient (Wildman–Crippen LogP) is 6.74. The highest BCUT2D eigenvalue weighted by atomic mass is 16.3. The van der Waals surface area contributed by atoms with Gasteiger partial charge in [-0.25, -0.2) is 4.98 Å². The Hall–Kier alpha value is -3.68. The molecular weight excluding hydrogens is 512 g/mol. The van der Waals surface area contributed by atoms with Crippen molar-refractivity contribution in [1.82, 2.24) is 24.5 Å². The van der Waals surface area contributed by atoms with Crippen LogP contribution in [0, 0.1) is 0 Å². The molecule has 8 heteroatoms. The summed E-state index contributed by atoms with van der Waals surface area (Å²) in [5.74, 6) is 2.17. The molecule has 1 fully saturated rings. The zero-order chi connectivity index (χ0) is 28.3. The van der Waals surface area contributed by atoms with Crippen LogP contribution in [0.3, 0.4) is 0 Å². The molecular formula is C33H44N6O2. The number of furan rings is 1. The molecule has 0 radical (unpaired) electrons. The number of carbonyl (C=O) groups excluding carboxylic acids is 1. The van der Waals surface area contributed by atoms with Crippen LogP contribution in [0.4, 0.5) is 5.69 Å². The Morgan fingerprint density at radius 1 is 0.878 bits per heavy atom. The number of benzene rings is 1. The minimum Gasteiger partial charge on any atom is -0.469 e. The van der Waals surface area contributed by atoms with E-state index in [1.807, 2.05) is 22.7 Å². The zero-order valence-electron chi connectivity index (χ0n) is 24.5. The van der Waals surface area contributed by atoms with Crippen LogP contribution in [0.1, 0.15) is 82.7 Å². The summed E-state index contributed by atoms with van der Waals surface area (Å²) in [7, 11) is 0. The van der Waals surface area contributed by atoms with E-state index in [0.29, 0.717) is 12.3 Å². The Morgan fingerprint density at radius 2 is 1.61 bits per heavy atom. The van der Waals surface area contributed by atoms with Gasteiger partial charge in [-0.15, -0.1) is 10.2 Å². The molecule has 1 aliphatic heterocycles. The van der Waals surface area contributed by atoms with Crippen LogP contribution in [0.5, 0.6) is 0 Å². The van der Waals surface area contributed by atoms with Crippen molar-refractivity contribution in [2.24, 2.45) is 0 Å². The number of hydrogen-bond acceptors (Lipinski definition) is 6. The minimum atomic E-state index is 0.320. The van der Waals surface area contributed by atoms with Crippen LogP contribution >= 0.6 is 0 Å². The Bertz CT molecular complexity index is 1340. The van der Waals surface area contributed by atoms with E-state index in [4.69, 9.17) is 9.40 Å². The summed E-state index contributed by atoms with van der Waals surface area (Å²) in [6, 6.07) is 12.5. The molecule has 41 heavy (non-hydrogen) atoms. The molecule has 0 saturated carbocycles. The number of fused-ring (bicyclic) bond motifs is 1. The van der Waals surface area contributed by atoms with Crippen molar-refractivity contribution >= 4 is 17.2 Å². The second-order valence-corrected chi connectivity index (χ2v) is 11.2. The first kappa shape index (κ1) is 28.8. The summed E-state index contributed by atoms with van der Waals surface area (Å²) >= 11 is 0. The second kappa shape index (κ2) is 14.8. The molecule has 4 aromatic rings. The molecule has 1 saturated heterocycles. The SMILES string of the molecule is CCCCCCCCCCCC(=O)N1CCN(c2ccc(-c3cnc(CCc4ccco4)n4cnnc34)cc2)CC1. The molecule has 4 heterocycles. The Kier molecular flexibility index (Phi) is 10.4. The normalized spacial score (nSPS) is 13.8. The number of piperazine rings is 1. The minimum absolute atomic E-state index is 0.320. The van der Waals surface area contributed by atoms with Crippen molar-refractivity contribution in [2.45, 2.75) is 84.0 Å². The van der Waals surface area contributed by atoms with Crippen LogP contribution in [-0.2, 0) is 17.6 Å². The second-order valence-electron chi connectivity index (χ2n) is 11.2. The van der Waals surface area contributed by atoms with Gasteiger partial charge in [0.25, 0.3) is 0 Å². The lowest BCUT2D eigenvalue weighted by atomic mass is 10.1. The topological polar surface area (TPSA) is 79.8 Å². The van der Waals surface area contributed by atoms with Crippen LogP contribution in [0.25, 0.3) is 16.8 Å². The van der Waals surface area contributed by atoms with E-state index in [2.05, 4.69) is 51.2 Å². The first-order valence-electron chi connectivity index (χ1n) is 15.6. The molecule has 0 atom stereocenters. The van der Waals surface area contributed by atoms with E-state index in [9.17, 15) is 4.79 Å². The molecule has 8 nitrogen and oxygen atoms in total. The van der Waals surface area contributed by atoms with Crippen molar-refractivity contribution in [3.63, 3.8) is 0 Å². The first-order chi connectivity index (χ1) is 20.2. The van der Waals surface area contributed by atoms with Gasteiger partial charge in [0.1, 0.15) is 17.9 Å². The van der Waals surface area contributed by atoms with E-state index < -0.39 is 0 Å². The Morgan fingerprint density at radius 3 is 2.32 bits per heavy atom. The van der Waals surface area contributed by atoms with E-state index in [1.54, 1.807) is 12.6 Å². The van der Waals surface area contributed by atoms with Gasteiger partial charge in [0.15, 0.2) is 5.65 Å². The zero-order valence-corrected chi connectivity index (χ0v) is 24.5. The maximum atomic E-state index is 12.7. The lowest BCUT2D eigenvalue weighted by Gasteiger charge is -2.36. The summed E-state index contributed by atoms with van der Waals surface area (Å²) in [5, 5.41) is 8.55. The van der Waals surface area contributed by atoms with Crippen LogP contribution in [0.2, 0.25) is 0 Å². The van der Waals surface area contributed by atoms with Gasteiger partial charge < -0.3 is 14.2 Å². The fraction of sp³-hybridized carbons (Fsp3) is 0.515. The van der Waals surface area contributed by atoms with Gasteiger partial charge in [0.2, 0.25) is 5.91 Å². The summed E-state index contributed by atoms with van der Waals surface area (Å²) in [5.41, 5.74) is 4.01. The molecule has 1 amide bonds. The van der Waals surface area contributed by atoms with Gasteiger partial charge in [0.05, 0.1) is 6.26 Å². The maximum Gasteiger partial charge on any atom is 0.222 e. The number of hydrogen-bond donors (Lipinski definition) is 0. The largest absolute Gasteiger partial charge is 0.469 e. The van der Waals surface area contributed by atoms with Crippen molar-refractivity contribution in [3.8, 4) is 11.1 Å². The Labute approximate surface area is 243 Å². The van der Waals surface area contributed by atoms with Crippen molar-refractivity contribution in [2.75, 3.05) is 31.1 Å². The summed E-state index contributed by atoms with van der Waals surface area (Å²) < 4.78 is 7.44. The average molecular weight is 557 g/mol. The van der Waals surface area contributed by atoms with E-state index >= 15 is 0 Å². The molecule has 0 unspecified atom stereocenters. The number of amides is 1. The molecule has 1 aromatic carbocycles. The van der Waals surface area contributed by atoms with E-state index in [1.165, 1.54) is 57.1 Å². The van der Waals surface area contributed by atoms with E-state index in [-0.39, 0.29) is 0 Å². The summed E-state index contributed by atoms with van der Waals surface area (Å²) in [6.07, 6.45) is 19.1. The maximum absolute atomic E-state index is 12.7. The highest BCUT2D eigenvalue weighted by Gasteiger charge is 2.21. The fourth-order valence-corrected chi connectivity index (χ4v) is 5.76. The van der Waals surface area contributed by atoms with Gasteiger partial charge in [-0.1, -0.05) is 70.4 Å². The van der Waals surface area contributed by atoms with Gasteiger partial charge in [0, 0.05) is 62.9 Å². The third kappa shape index (κ3) is 7.75. The number of carbonyl (C=O) groups is 1. The van der Waals surface area contributed by atoms with E-state index in [0.717, 1.165) is 73.8 Å². The number of unbranched alkanes of at least 4 members (excludes halogenated alkanes) is 8. The first-order valence-corrected chi connectivity index (χ1v) is 15.6. The number of anilines is 1. The number of aromatic nitrogens is 4. The number of nitrogens with zero attached hydrogens (tertiary/aromatic N) is 6. The monoisotopic (exact) mass is 556 g/mol. The summed E-state index contributed by atoms with van der Waals surface area (Å²) in [6.45, 7) is 5.58. The molecule has 0 bridgehead atoms. The quantitative estimate of drug-likeness (QED) is 0.151. The third-order valence-corrected chi connectivity index (χ3v) is 8.25. The molecule has 1 aliphatic rings. The van der Waals surface area contributed by atoms with Crippen LogP contribution in [0.15, 0.2) is 59.6 Å². The van der Waals surface area contributed by atoms with Crippen molar-refractivity contribution in [1.29, 1.82) is 0 Å². The Balaban J connectivity index is 1.08. The number of aryl methyl sites for hydroxylation is 2. The standard InChI is InChI=1S/C33H44N6O2/c1-2-3-4-5-6-7-8-9-10-13-32(40)38-22-20-37(21-23-38)28-16-14-27(15-17-28)30-25-34-31(39-26-35-36-33(30)39)19-18-29-12-11-24-41-29/h11-12,14-17,24-26H,2-10,13,18-23H2,1H3. The van der Waals surface area contributed by atoms with Gasteiger partial charge in [-0.2, -0.15) is 0 Å². The summed E-state index contributed by atoms with van der Waals surface area (Å²) in [4.78, 5) is 21.9. The molecule has 0 N–H and O–H groups in total. The molecule has 0 spiro atoms. The molecule has 0 aliphatic carbocycles. The van der Waals surface area contributed by atoms with Gasteiger partial charge >= 0.3 is 0 Å². The smallest absolute Gasteiger partial charge is 0.222 e. The average Bonchev–Trinajstić information content (AvgIpc) is 3.72. The van der Waals surface area contributed by atoms with Gasteiger partial charge in [-0.3, -0.25) is 9.20 Å². The van der Waals surface area contributed by atoms with Crippen LogP contribution < -0.4 is 4.90 Å². The van der Waals surface area contributed by atoms with Crippen LogP contribution in [-0.4, -0.2) is 56.6 Å². The number of rotatable bonds is 15. The highest BCUT2D eigenvalue weighted by Crippen LogP contribution is 2.27. The molecule has 5 rings (SSSR count). The van der Waals surface area contributed by atoms with Crippen molar-refractivity contribution < 1.29 is 9.21 Å². The lowest BCUT2D eigenvalue weighted by molar-refractivity contribution is -0.131. The van der Waals surface area contributed by atoms with Gasteiger partial charge in [-0.05, 0) is 36.2 Å². The highest BCUT2D eigenvalue weighted by molar-refractivity contribution is 5.78. The van der Waals surface area contributed by atoms with Crippen molar-refractivity contribution in [3.05, 3.63) is 66.8 Å². The molecule has 218 valence electrons. The lowest BCUT2D eigenvalue weighted by Crippen LogP contribution is -2.48. The fourth-order valence-electron chi connectivity index (χ4n) is 5.76. The predicted molar refractivity (Wildman–Crippen MR) is 163 cm³/mol. The molecule has 3 aromatic heterocycles. The third-order valence-electron chi connectivity index (χ3n) is 8.25.